The molecular weight excluding hydrogens is 531 g/mol. The summed E-state index contributed by atoms with van der Waals surface area (Å²) in [6.07, 6.45) is -4.06. The fourth-order valence-electron chi connectivity index (χ4n) is 4.65. The lowest BCUT2D eigenvalue weighted by Crippen LogP contribution is -2.40. The quantitative estimate of drug-likeness (QED) is 0.428. The highest BCUT2D eigenvalue weighted by atomic mass is 32.2. The normalized spacial score (nSPS) is 17.7. The first kappa shape index (κ1) is 28.2. The summed E-state index contributed by atoms with van der Waals surface area (Å²) < 4.78 is 62.6. The van der Waals surface area contributed by atoms with Gasteiger partial charge in [0.05, 0.1) is 16.2 Å². The number of anilines is 1. The summed E-state index contributed by atoms with van der Waals surface area (Å²) >= 11 is 0. The molecule has 206 valence electrons. The monoisotopic (exact) mass is 559 g/mol. The molecule has 3 aromatic rings. The van der Waals surface area contributed by atoms with Crippen molar-refractivity contribution in [3.05, 3.63) is 95.1 Å². The van der Waals surface area contributed by atoms with Crippen molar-refractivity contribution in [1.29, 1.82) is 0 Å². The number of nitrogens with one attached hydrogen (secondary N) is 1. The van der Waals surface area contributed by atoms with Crippen molar-refractivity contribution >= 4 is 27.3 Å². The molecule has 1 aliphatic heterocycles. The number of halogens is 3. The number of carbonyl (C=O) groups excluding carboxylic acids is 2. The average Bonchev–Trinajstić information content (AvgIpc) is 3.38. The van der Waals surface area contributed by atoms with Gasteiger partial charge in [-0.3, -0.25) is 9.59 Å². The molecule has 1 unspecified atom stereocenters. The van der Waals surface area contributed by atoms with Gasteiger partial charge in [-0.25, -0.2) is 8.42 Å². The zero-order valence-corrected chi connectivity index (χ0v) is 21.9. The number of sulfone groups is 1. The number of alkyl halides is 3. The van der Waals surface area contributed by atoms with Crippen molar-refractivity contribution in [1.82, 2.24) is 5.32 Å². The summed E-state index contributed by atoms with van der Waals surface area (Å²) in [4.78, 5) is 26.9. The maximum Gasteiger partial charge on any atom is 0.416 e. The third kappa shape index (κ3) is 6.42. The highest BCUT2D eigenvalue weighted by molar-refractivity contribution is 7.91. The van der Waals surface area contributed by atoms with Crippen LogP contribution in [0.1, 0.15) is 46.3 Å². The summed E-state index contributed by atoms with van der Waals surface area (Å²) in [6, 6.07) is 17.2. The SMILES string of the molecule is CCS(=O)(=O)c1ccc(CNC(=O)c2ccc(N3CC(c4ccc(C(F)(F)F)cc4)C[C@H]3C(N)=O)cc2)cc1. The molecule has 2 amide bonds. The summed E-state index contributed by atoms with van der Waals surface area (Å²) in [7, 11) is -3.30. The third-order valence-electron chi connectivity index (χ3n) is 6.92. The Kier molecular flexibility index (Phi) is 8.01. The van der Waals surface area contributed by atoms with Gasteiger partial charge in [-0.2, -0.15) is 13.2 Å². The molecule has 4 rings (SSSR count). The molecule has 1 heterocycles. The van der Waals surface area contributed by atoms with Crippen LogP contribution in [0.5, 0.6) is 0 Å². The number of nitrogens with two attached hydrogens (primary N) is 1. The first-order valence-electron chi connectivity index (χ1n) is 12.3. The Morgan fingerprint density at radius 2 is 1.59 bits per heavy atom. The molecule has 7 nitrogen and oxygen atoms in total. The van der Waals surface area contributed by atoms with Gasteiger partial charge in [0.2, 0.25) is 5.91 Å². The van der Waals surface area contributed by atoms with Crippen LogP contribution in [0.2, 0.25) is 0 Å². The van der Waals surface area contributed by atoms with Crippen molar-refractivity contribution in [2.24, 2.45) is 5.73 Å². The van der Waals surface area contributed by atoms with E-state index in [0.29, 0.717) is 29.8 Å². The van der Waals surface area contributed by atoms with Gasteiger partial charge in [0.15, 0.2) is 9.84 Å². The molecule has 0 aliphatic carbocycles. The van der Waals surface area contributed by atoms with Crippen LogP contribution in [0.15, 0.2) is 77.7 Å². The van der Waals surface area contributed by atoms with Gasteiger partial charge in [-0.05, 0) is 66.1 Å². The predicted molar refractivity (Wildman–Crippen MR) is 141 cm³/mol. The number of carbonyl (C=O) groups is 2. The minimum atomic E-state index is -4.42. The number of hydrogen-bond donors (Lipinski definition) is 2. The van der Waals surface area contributed by atoms with Crippen LogP contribution < -0.4 is 16.0 Å². The van der Waals surface area contributed by atoms with Crippen molar-refractivity contribution in [2.75, 3.05) is 17.2 Å². The Hall–Kier alpha value is -3.86. The largest absolute Gasteiger partial charge is 0.416 e. The number of nitrogens with zero attached hydrogens (tertiary/aromatic N) is 1. The zero-order valence-electron chi connectivity index (χ0n) is 21.1. The maximum atomic E-state index is 12.9. The summed E-state index contributed by atoms with van der Waals surface area (Å²) in [5.74, 6) is -1.05. The molecule has 0 aromatic heterocycles. The Morgan fingerprint density at radius 1 is 0.974 bits per heavy atom. The summed E-state index contributed by atoms with van der Waals surface area (Å²) in [5, 5.41) is 2.79. The topological polar surface area (TPSA) is 110 Å². The molecule has 3 aromatic carbocycles. The lowest BCUT2D eigenvalue weighted by Gasteiger charge is -2.24. The molecule has 1 aliphatic rings. The van der Waals surface area contributed by atoms with Gasteiger partial charge in [0.1, 0.15) is 6.04 Å². The molecule has 0 saturated carbocycles. The second-order valence-electron chi connectivity index (χ2n) is 9.40. The molecule has 0 spiro atoms. The molecule has 0 bridgehead atoms. The molecule has 39 heavy (non-hydrogen) atoms. The Balaban J connectivity index is 1.41. The Bertz CT molecular complexity index is 1440. The molecule has 11 heteroatoms. The van der Waals surface area contributed by atoms with E-state index < -0.39 is 33.5 Å². The predicted octanol–water partition coefficient (Wildman–Crippen LogP) is 4.28. The van der Waals surface area contributed by atoms with Crippen LogP contribution in [0.3, 0.4) is 0 Å². The number of primary amides is 1. The molecule has 3 N–H and O–H groups in total. The van der Waals surface area contributed by atoms with Crippen LogP contribution >= 0.6 is 0 Å². The van der Waals surface area contributed by atoms with Gasteiger partial charge in [-0.15, -0.1) is 0 Å². The maximum absolute atomic E-state index is 12.9. The van der Waals surface area contributed by atoms with Crippen LogP contribution in [-0.4, -0.2) is 38.6 Å². The summed E-state index contributed by atoms with van der Waals surface area (Å²) in [5.41, 5.74) is 7.38. The smallest absolute Gasteiger partial charge is 0.368 e. The Labute approximate surface area is 224 Å². The van der Waals surface area contributed by atoms with Crippen molar-refractivity contribution < 1.29 is 31.2 Å². The molecule has 0 radical (unpaired) electrons. The van der Waals surface area contributed by atoms with E-state index >= 15 is 0 Å². The van der Waals surface area contributed by atoms with E-state index in [9.17, 15) is 31.2 Å². The van der Waals surface area contributed by atoms with Crippen molar-refractivity contribution in [3.8, 4) is 0 Å². The summed E-state index contributed by atoms with van der Waals surface area (Å²) in [6.45, 7) is 2.16. The first-order chi connectivity index (χ1) is 18.4. The minimum absolute atomic E-state index is 0.00635. The fraction of sp³-hybridized carbons (Fsp3) is 0.286. The molecule has 1 saturated heterocycles. The van der Waals surface area contributed by atoms with E-state index in [1.165, 1.54) is 24.3 Å². The first-order valence-corrected chi connectivity index (χ1v) is 14.0. The van der Waals surface area contributed by atoms with E-state index in [1.807, 2.05) is 0 Å². The fourth-order valence-corrected chi connectivity index (χ4v) is 5.53. The van der Waals surface area contributed by atoms with Gasteiger partial charge in [0.25, 0.3) is 5.91 Å². The van der Waals surface area contributed by atoms with E-state index in [0.717, 1.165) is 17.7 Å². The van der Waals surface area contributed by atoms with Gasteiger partial charge >= 0.3 is 6.18 Å². The van der Waals surface area contributed by atoms with E-state index in [4.69, 9.17) is 5.73 Å². The van der Waals surface area contributed by atoms with E-state index in [1.54, 1.807) is 48.2 Å². The van der Waals surface area contributed by atoms with Crippen molar-refractivity contribution in [3.63, 3.8) is 0 Å². The number of rotatable bonds is 8. The van der Waals surface area contributed by atoms with E-state index in [-0.39, 0.29) is 29.0 Å². The van der Waals surface area contributed by atoms with Gasteiger partial charge in [-0.1, -0.05) is 31.2 Å². The second-order valence-corrected chi connectivity index (χ2v) is 11.7. The molecule has 1 fully saturated rings. The zero-order chi connectivity index (χ0) is 28.4. The second kappa shape index (κ2) is 11.1. The Morgan fingerprint density at radius 3 is 2.13 bits per heavy atom. The van der Waals surface area contributed by atoms with Crippen molar-refractivity contribution in [2.45, 2.75) is 42.9 Å². The van der Waals surface area contributed by atoms with Crippen LogP contribution in [0.25, 0.3) is 0 Å². The lowest BCUT2D eigenvalue weighted by atomic mass is 9.95. The highest BCUT2D eigenvalue weighted by Gasteiger charge is 2.37. The third-order valence-corrected chi connectivity index (χ3v) is 8.67. The molecule has 2 atom stereocenters. The molecular formula is C28H28F3N3O4S. The van der Waals surface area contributed by atoms with Crippen LogP contribution in [0.4, 0.5) is 18.9 Å². The van der Waals surface area contributed by atoms with Gasteiger partial charge < -0.3 is 16.0 Å². The van der Waals surface area contributed by atoms with Crippen LogP contribution in [0, 0.1) is 0 Å². The minimum Gasteiger partial charge on any atom is -0.368 e. The number of benzene rings is 3. The number of amides is 2. The standard InChI is InChI=1S/C28H28F3N3O4S/c1-2-39(37,38)24-13-3-18(4-14-24)16-33-27(36)20-7-11-23(12-8-20)34-17-21(15-25(34)26(32)35)19-5-9-22(10-6-19)28(29,30)31/h3-14,21,25H,2,15-17H2,1H3,(H2,32,35)(H,33,36)/t21?,25-/m0/s1. The van der Waals surface area contributed by atoms with Crippen LogP contribution in [-0.2, 0) is 27.4 Å². The van der Waals surface area contributed by atoms with Gasteiger partial charge in [0, 0.05) is 30.3 Å². The number of hydrogen-bond acceptors (Lipinski definition) is 5. The highest BCUT2D eigenvalue weighted by Crippen LogP contribution is 2.37. The average molecular weight is 560 g/mol. The lowest BCUT2D eigenvalue weighted by molar-refractivity contribution is -0.137. The van der Waals surface area contributed by atoms with E-state index in [2.05, 4.69) is 5.32 Å².